The monoisotopic (exact) mass is 391 g/mol. The Labute approximate surface area is 167 Å². The number of amides is 1. The Morgan fingerprint density at radius 3 is 2.89 bits per heavy atom. The van der Waals surface area contributed by atoms with Gasteiger partial charge in [-0.1, -0.05) is 50.1 Å². The molecule has 2 rings (SSSR count). The Kier molecular flexibility index (Phi) is 11.9. The van der Waals surface area contributed by atoms with E-state index in [9.17, 15) is 4.79 Å². The van der Waals surface area contributed by atoms with Crippen LogP contribution in [0, 0.1) is 5.92 Å². The smallest absolute Gasteiger partial charge is 0.243 e. The van der Waals surface area contributed by atoms with Crippen molar-refractivity contribution in [2.45, 2.75) is 57.8 Å². The van der Waals surface area contributed by atoms with Gasteiger partial charge in [-0.05, 0) is 49.3 Å². The molecule has 0 bridgehead atoms. The maximum atomic E-state index is 11.7. The molecule has 1 aromatic rings. The first-order valence-electron chi connectivity index (χ1n) is 10.2. The number of carbonyl (C=O) groups excluding carboxylic acids is 1. The van der Waals surface area contributed by atoms with Crippen molar-refractivity contribution in [3.8, 4) is 0 Å². The number of aromatic nitrogens is 1. The van der Waals surface area contributed by atoms with E-state index in [-0.39, 0.29) is 5.91 Å². The molecule has 1 aliphatic carbocycles. The van der Waals surface area contributed by atoms with Crippen LogP contribution in [0.1, 0.15) is 63.4 Å². The zero-order valence-corrected chi connectivity index (χ0v) is 17.0. The Morgan fingerprint density at radius 1 is 1.22 bits per heavy atom. The van der Waals surface area contributed by atoms with Crippen LogP contribution in [0.2, 0.25) is 0 Å². The van der Waals surface area contributed by atoms with Gasteiger partial charge in [0.2, 0.25) is 5.91 Å². The summed E-state index contributed by atoms with van der Waals surface area (Å²) < 4.78 is 0. The number of nitrogens with zero attached hydrogens (tertiary/aromatic N) is 1. The van der Waals surface area contributed by atoms with Crippen LogP contribution in [0.5, 0.6) is 0 Å². The van der Waals surface area contributed by atoms with Crippen molar-refractivity contribution < 1.29 is 9.63 Å². The molecule has 1 aliphatic rings. The van der Waals surface area contributed by atoms with Gasteiger partial charge in [-0.15, -0.1) is 4.89 Å². The fraction of sp³-hybridized carbons (Fsp3) is 0.619. The van der Waals surface area contributed by atoms with E-state index in [1.807, 2.05) is 12.1 Å². The lowest BCUT2D eigenvalue weighted by atomic mass is 9.90. The molecule has 0 spiro atoms. The Morgan fingerprint density at radius 2 is 2.07 bits per heavy atom. The van der Waals surface area contributed by atoms with E-state index in [1.54, 1.807) is 36.5 Å². The maximum absolute atomic E-state index is 11.7. The number of nitrogens with one attached hydrogen (secondary N) is 2. The van der Waals surface area contributed by atoms with Crippen molar-refractivity contribution in [2.24, 2.45) is 5.92 Å². The number of pyridine rings is 1. The summed E-state index contributed by atoms with van der Waals surface area (Å²) in [7, 11) is 0. The molecule has 0 aromatic carbocycles. The van der Waals surface area contributed by atoms with Gasteiger partial charge in [0, 0.05) is 30.8 Å². The van der Waals surface area contributed by atoms with E-state index in [0.717, 1.165) is 43.2 Å². The second-order valence-corrected chi connectivity index (χ2v) is 7.94. The topological polar surface area (TPSA) is 63.2 Å². The van der Waals surface area contributed by atoms with Crippen LogP contribution in [0.3, 0.4) is 0 Å². The molecular formula is C21H33N3O2S. The molecule has 1 fully saturated rings. The lowest BCUT2D eigenvalue weighted by molar-refractivity contribution is -0.116. The van der Waals surface area contributed by atoms with Gasteiger partial charge >= 0.3 is 0 Å². The van der Waals surface area contributed by atoms with Crippen molar-refractivity contribution in [3.05, 3.63) is 36.2 Å². The lowest BCUT2D eigenvalue weighted by Gasteiger charge is -2.20. The molecule has 27 heavy (non-hydrogen) atoms. The van der Waals surface area contributed by atoms with Gasteiger partial charge in [0.05, 0.1) is 6.61 Å². The highest BCUT2D eigenvalue weighted by atomic mass is 32.2. The maximum Gasteiger partial charge on any atom is 0.243 e. The van der Waals surface area contributed by atoms with Gasteiger partial charge in [0.25, 0.3) is 0 Å². The van der Waals surface area contributed by atoms with Crippen molar-refractivity contribution in [1.29, 1.82) is 0 Å². The fourth-order valence-electron chi connectivity index (χ4n) is 3.16. The lowest BCUT2D eigenvalue weighted by Crippen LogP contribution is -2.21. The normalized spacial score (nSPS) is 15.3. The summed E-state index contributed by atoms with van der Waals surface area (Å²) in [4.78, 5) is 24.3. The summed E-state index contributed by atoms with van der Waals surface area (Å²) in [5, 5.41) is 2.92. The van der Waals surface area contributed by atoms with Crippen LogP contribution in [0.15, 0.2) is 30.6 Å². The zero-order valence-electron chi connectivity index (χ0n) is 16.2. The molecule has 0 saturated heterocycles. The third-order valence-electron chi connectivity index (χ3n) is 4.75. The first-order chi connectivity index (χ1) is 13.3. The average Bonchev–Trinajstić information content (AvgIpc) is 2.72. The molecule has 1 heterocycles. The van der Waals surface area contributed by atoms with Crippen molar-refractivity contribution in [3.63, 3.8) is 0 Å². The molecule has 1 amide bonds. The van der Waals surface area contributed by atoms with E-state index >= 15 is 0 Å². The molecule has 2 N–H and O–H groups in total. The van der Waals surface area contributed by atoms with Crippen LogP contribution >= 0.6 is 11.9 Å². The molecule has 0 atom stereocenters. The van der Waals surface area contributed by atoms with Crippen LogP contribution in [0.25, 0.3) is 6.08 Å². The van der Waals surface area contributed by atoms with Gasteiger partial charge in [0.1, 0.15) is 0 Å². The third-order valence-corrected chi connectivity index (χ3v) is 5.47. The van der Waals surface area contributed by atoms with Crippen LogP contribution in [0.4, 0.5) is 0 Å². The number of carbonyl (C=O) groups is 1. The number of rotatable bonds is 13. The second-order valence-electron chi connectivity index (χ2n) is 7.07. The van der Waals surface area contributed by atoms with E-state index < -0.39 is 0 Å². The quantitative estimate of drug-likeness (QED) is 0.224. The molecule has 1 aromatic heterocycles. The van der Waals surface area contributed by atoms with Gasteiger partial charge < -0.3 is 5.32 Å². The van der Waals surface area contributed by atoms with E-state index in [1.165, 1.54) is 44.9 Å². The Hall–Kier alpha value is -1.37. The van der Waals surface area contributed by atoms with Gasteiger partial charge in [-0.25, -0.2) is 0 Å². The van der Waals surface area contributed by atoms with Crippen molar-refractivity contribution in [1.82, 2.24) is 15.2 Å². The molecule has 0 radical (unpaired) electrons. The Bertz CT molecular complexity index is 533. The summed E-state index contributed by atoms with van der Waals surface area (Å²) in [6, 6.07) is 3.78. The largest absolute Gasteiger partial charge is 0.353 e. The standard InChI is InChI=1S/C21H33N3O2S/c25-21(13-12-19-11-8-14-22-17-19)23-15-6-1-2-7-16-27-24-26-18-20-9-4-3-5-10-20/h8,11-14,17,20,24H,1-7,9-10,15-16,18H2,(H,23,25)/b13-12+. The highest BCUT2D eigenvalue weighted by Crippen LogP contribution is 2.23. The molecule has 0 aliphatic heterocycles. The van der Waals surface area contributed by atoms with E-state index in [2.05, 4.69) is 15.2 Å². The van der Waals surface area contributed by atoms with Crippen molar-refractivity contribution >= 4 is 23.9 Å². The molecule has 6 heteroatoms. The van der Waals surface area contributed by atoms with Crippen LogP contribution < -0.4 is 10.2 Å². The van der Waals surface area contributed by atoms with Gasteiger partial charge in [0.15, 0.2) is 0 Å². The number of unbranched alkanes of at least 4 members (excludes halogenated alkanes) is 3. The van der Waals surface area contributed by atoms with E-state index in [0.29, 0.717) is 0 Å². The molecule has 150 valence electrons. The summed E-state index contributed by atoms with van der Waals surface area (Å²) in [6.07, 6.45) is 18.1. The number of hydrogen-bond acceptors (Lipinski definition) is 5. The minimum atomic E-state index is -0.0475. The summed E-state index contributed by atoms with van der Waals surface area (Å²) >= 11 is 1.66. The number of hydrogen-bond donors (Lipinski definition) is 2. The molecule has 0 unspecified atom stereocenters. The molecule has 1 saturated carbocycles. The zero-order chi connectivity index (χ0) is 19.0. The average molecular weight is 392 g/mol. The SMILES string of the molecule is O=C(/C=C/c1cccnc1)NCCCCCCSNOCC1CCCCC1. The first-order valence-corrected chi connectivity index (χ1v) is 11.2. The third kappa shape index (κ3) is 11.2. The van der Waals surface area contributed by atoms with Crippen LogP contribution in [-0.4, -0.2) is 29.8 Å². The summed E-state index contributed by atoms with van der Waals surface area (Å²) in [6.45, 7) is 1.58. The van der Waals surface area contributed by atoms with Gasteiger partial charge in [-0.3, -0.25) is 14.6 Å². The molecule has 5 nitrogen and oxygen atoms in total. The van der Waals surface area contributed by atoms with Gasteiger partial charge in [-0.2, -0.15) is 0 Å². The minimum Gasteiger partial charge on any atom is -0.353 e. The van der Waals surface area contributed by atoms with Crippen molar-refractivity contribution in [2.75, 3.05) is 18.9 Å². The summed E-state index contributed by atoms with van der Waals surface area (Å²) in [5.41, 5.74) is 0.932. The predicted molar refractivity (Wildman–Crippen MR) is 113 cm³/mol. The minimum absolute atomic E-state index is 0.0475. The van der Waals surface area contributed by atoms with Crippen LogP contribution in [-0.2, 0) is 9.63 Å². The predicted octanol–water partition coefficient (Wildman–Crippen LogP) is 4.52. The Balaban J connectivity index is 1.34. The summed E-state index contributed by atoms with van der Waals surface area (Å²) in [5.74, 6) is 1.76. The fourth-order valence-corrected chi connectivity index (χ4v) is 3.74. The molecular weight excluding hydrogens is 358 g/mol. The highest BCUT2D eigenvalue weighted by Gasteiger charge is 2.13. The first kappa shape index (κ1) is 21.9. The highest BCUT2D eigenvalue weighted by molar-refractivity contribution is 7.97. The van der Waals surface area contributed by atoms with E-state index in [4.69, 9.17) is 4.84 Å². The second kappa shape index (κ2) is 14.7.